The molecular formula is C20H30N2O4. The molecule has 1 heterocycles. The minimum atomic E-state index is -0.838. The average Bonchev–Trinajstić information content (AvgIpc) is 2.62. The van der Waals surface area contributed by atoms with Crippen molar-refractivity contribution in [2.24, 2.45) is 11.3 Å². The van der Waals surface area contributed by atoms with E-state index in [2.05, 4.69) is 18.7 Å². The highest BCUT2D eigenvalue weighted by atomic mass is 16.5. The van der Waals surface area contributed by atoms with E-state index in [0.29, 0.717) is 32.2 Å². The predicted octanol–water partition coefficient (Wildman–Crippen LogP) is 3.47. The number of carboxylic acid groups (broad SMARTS) is 1. The van der Waals surface area contributed by atoms with Crippen LogP contribution in [0.15, 0.2) is 30.3 Å². The summed E-state index contributed by atoms with van der Waals surface area (Å²) < 4.78 is 5.14. The quantitative estimate of drug-likeness (QED) is 0.752. The van der Waals surface area contributed by atoms with Crippen molar-refractivity contribution in [3.8, 4) is 0 Å². The van der Waals surface area contributed by atoms with Crippen LogP contribution in [-0.2, 0) is 9.53 Å². The Labute approximate surface area is 155 Å². The van der Waals surface area contributed by atoms with E-state index in [1.54, 1.807) is 0 Å². The lowest BCUT2D eigenvalue weighted by molar-refractivity contribution is -0.141. The molecule has 0 bridgehead atoms. The lowest BCUT2D eigenvalue weighted by atomic mass is 9.73. The summed E-state index contributed by atoms with van der Waals surface area (Å²) in [5, 5.41) is 9.14. The highest BCUT2D eigenvalue weighted by Gasteiger charge is 2.35. The number of carbonyl (C=O) groups is 2. The third-order valence-corrected chi connectivity index (χ3v) is 5.22. The zero-order valence-electron chi connectivity index (χ0n) is 16.0. The third-order valence-electron chi connectivity index (χ3n) is 5.22. The van der Waals surface area contributed by atoms with Crippen molar-refractivity contribution in [1.29, 1.82) is 0 Å². The van der Waals surface area contributed by atoms with Crippen molar-refractivity contribution in [3.63, 3.8) is 0 Å². The summed E-state index contributed by atoms with van der Waals surface area (Å²) in [4.78, 5) is 26.8. The number of amides is 1. The summed E-state index contributed by atoms with van der Waals surface area (Å²) in [5.74, 6) is 0.180. The number of rotatable bonds is 7. The molecule has 0 spiro atoms. The molecule has 0 aliphatic carbocycles. The Balaban J connectivity index is 2.08. The van der Waals surface area contributed by atoms with Gasteiger partial charge in [0.25, 0.3) is 0 Å². The van der Waals surface area contributed by atoms with Gasteiger partial charge >= 0.3 is 12.1 Å². The largest absolute Gasteiger partial charge is 0.465 e. The van der Waals surface area contributed by atoms with E-state index in [9.17, 15) is 9.59 Å². The SMILES string of the molecule is CCOC(=O)CN(CC(C)(C)C1CCN(C(=O)O)CC1)c1ccccc1. The average molecular weight is 362 g/mol. The van der Waals surface area contributed by atoms with Gasteiger partial charge in [-0.1, -0.05) is 32.0 Å². The number of anilines is 1. The Kier molecular flexibility index (Phi) is 6.89. The van der Waals surface area contributed by atoms with Crippen LogP contribution < -0.4 is 4.90 Å². The third kappa shape index (κ3) is 5.38. The smallest absolute Gasteiger partial charge is 0.407 e. The fourth-order valence-corrected chi connectivity index (χ4v) is 3.71. The van der Waals surface area contributed by atoms with Gasteiger partial charge in [-0.05, 0) is 43.2 Å². The van der Waals surface area contributed by atoms with Crippen molar-refractivity contribution < 1.29 is 19.4 Å². The molecule has 0 saturated carbocycles. The van der Waals surface area contributed by atoms with Gasteiger partial charge in [-0.15, -0.1) is 0 Å². The van der Waals surface area contributed by atoms with Crippen molar-refractivity contribution >= 4 is 17.7 Å². The normalized spacial score (nSPS) is 15.6. The van der Waals surface area contributed by atoms with Gasteiger partial charge < -0.3 is 19.6 Å². The van der Waals surface area contributed by atoms with Gasteiger partial charge in [0.1, 0.15) is 6.54 Å². The molecule has 2 rings (SSSR count). The molecule has 0 aromatic heterocycles. The van der Waals surface area contributed by atoms with Gasteiger partial charge in [0.15, 0.2) is 0 Å². The minimum absolute atomic E-state index is 0.0487. The maximum atomic E-state index is 12.1. The number of nitrogens with zero attached hydrogens (tertiary/aromatic N) is 2. The van der Waals surface area contributed by atoms with Gasteiger partial charge in [-0.25, -0.2) is 4.79 Å². The van der Waals surface area contributed by atoms with Crippen molar-refractivity contribution in [2.75, 3.05) is 37.7 Å². The highest BCUT2D eigenvalue weighted by Crippen LogP contribution is 2.36. The zero-order chi connectivity index (χ0) is 19.2. The second-order valence-electron chi connectivity index (χ2n) is 7.53. The molecular weight excluding hydrogens is 332 g/mol. The van der Waals surface area contributed by atoms with Gasteiger partial charge in [-0.3, -0.25) is 4.79 Å². The Morgan fingerprint density at radius 3 is 2.38 bits per heavy atom. The Morgan fingerprint density at radius 2 is 1.85 bits per heavy atom. The van der Waals surface area contributed by atoms with Crippen LogP contribution in [-0.4, -0.2) is 54.9 Å². The number of ether oxygens (including phenoxy) is 1. The van der Waals surface area contributed by atoms with Crippen LogP contribution in [0.1, 0.15) is 33.6 Å². The molecule has 1 amide bonds. The zero-order valence-corrected chi connectivity index (χ0v) is 16.0. The van der Waals surface area contributed by atoms with Crippen molar-refractivity contribution in [3.05, 3.63) is 30.3 Å². The summed E-state index contributed by atoms with van der Waals surface area (Å²) in [7, 11) is 0. The number of likely N-dealkylation sites (tertiary alicyclic amines) is 1. The van der Waals surface area contributed by atoms with E-state index in [1.807, 2.05) is 37.3 Å². The number of hydrogen-bond donors (Lipinski definition) is 1. The van der Waals surface area contributed by atoms with Crippen molar-refractivity contribution in [2.45, 2.75) is 33.6 Å². The molecule has 1 aliphatic heterocycles. The molecule has 1 aromatic carbocycles. The first-order valence-electron chi connectivity index (χ1n) is 9.27. The summed E-state index contributed by atoms with van der Waals surface area (Å²) in [6.45, 7) is 8.68. The van der Waals surface area contributed by atoms with Gasteiger partial charge in [0.05, 0.1) is 6.61 Å². The highest BCUT2D eigenvalue weighted by molar-refractivity contribution is 5.75. The van der Waals surface area contributed by atoms with Gasteiger partial charge in [0, 0.05) is 25.3 Å². The molecule has 1 aliphatic rings. The molecule has 1 aromatic rings. The molecule has 26 heavy (non-hydrogen) atoms. The topological polar surface area (TPSA) is 70.1 Å². The number of para-hydroxylation sites is 1. The predicted molar refractivity (Wildman–Crippen MR) is 101 cm³/mol. The summed E-state index contributed by atoms with van der Waals surface area (Å²) >= 11 is 0. The van der Waals surface area contributed by atoms with Crippen LogP contribution in [0, 0.1) is 11.3 Å². The molecule has 0 unspecified atom stereocenters. The van der Waals surface area contributed by atoms with Crippen molar-refractivity contribution in [1.82, 2.24) is 4.90 Å². The number of esters is 1. The summed E-state index contributed by atoms with van der Waals surface area (Å²) in [6.07, 6.45) is 0.859. The molecule has 144 valence electrons. The van der Waals surface area contributed by atoms with E-state index < -0.39 is 6.09 Å². The van der Waals surface area contributed by atoms with E-state index in [-0.39, 0.29) is 17.9 Å². The lowest BCUT2D eigenvalue weighted by Crippen LogP contribution is -2.46. The molecule has 6 heteroatoms. The molecule has 6 nitrogen and oxygen atoms in total. The van der Waals surface area contributed by atoms with Gasteiger partial charge in [-0.2, -0.15) is 0 Å². The molecule has 0 radical (unpaired) electrons. The first-order valence-corrected chi connectivity index (χ1v) is 9.27. The van der Waals surface area contributed by atoms with E-state index >= 15 is 0 Å². The van der Waals surface area contributed by atoms with Gasteiger partial charge in [0.2, 0.25) is 0 Å². The van der Waals surface area contributed by atoms with E-state index in [0.717, 1.165) is 18.5 Å². The fraction of sp³-hybridized carbons (Fsp3) is 0.600. The Morgan fingerprint density at radius 1 is 1.23 bits per heavy atom. The van der Waals surface area contributed by atoms with Crippen LogP contribution >= 0.6 is 0 Å². The summed E-state index contributed by atoms with van der Waals surface area (Å²) in [6, 6.07) is 9.89. The maximum Gasteiger partial charge on any atom is 0.407 e. The fourth-order valence-electron chi connectivity index (χ4n) is 3.71. The monoisotopic (exact) mass is 362 g/mol. The summed E-state index contributed by atoms with van der Waals surface area (Å²) in [5.41, 5.74) is 0.948. The molecule has 1 N–H and O–H groups in total. The first kappa shape index (κ1) is 20.1. The second-order valence-corrected chi connectivity index (χ2v) is 7.53. The van der Waals surface area contributed by atoms with Crippen LogP contribution in [0.4, 0.5) is 10.5 Å². The Bertz CT molecular complexity index is 595. The second kappa shape index (κ2) is 8.92. The molecule has 1 fully saturated rings. The molecule has 1 saturated heterocycles. The standard InChI is InChI=1S/C20H30N2O4/c1-4-26-18(23)14-22(17-8-6-5-7-9-17)15-20(2,3)16-10-12-21(13-11-16)19(24)25/h5-9,16H,4,10-15H2,1-3H3,(H,24,25). The number of piperidine rings is 1. The van der Waals surface area contributed by atoms with Crippen LogP contribution in [0.25, 0.3) is 0 Å². The number of benzene rings is 1. The number of carbonyl (C=O) groups excluding carboxylic acids is 1. The lowest BCUT2D eigenvalue weighted by Gasteiger charge is -2.43. The van der Waals surface area contributed by atoms with Crippen LogP contribution in [0.3, 0.4) is 0 Å². The minimum Gasteiger partial charge on any atom is -0.465 e. The number of hydrogen-bond acceptors (Lipinski definition) is 4. The van der Waals surface area contributed by atoms with Crippen LogP contribution in [0.5, 0.6) is 0 Å². The Hall–Kier alpha value is -2.24. The van der Waals surface area contributed by atoms with E-state index in [1.165, 1.54) is 4.90 Å². The first-order chi connectivity index (χ1) is 12.3. The van der Waals surface area contributed by atoms with E-state index in [4.69, 9.17) is 9.84 Å². The molecule has 0 atom stereocenters. The van der Waals surface area contributed by atoms with Crippen LogP contribution in [0.2, 0.25) is 0 Å². The maximum absolute atomic E-state index is 12.1.